The van der Waals surface area contributed by atoms with Gasteiger partial charge in [-0.2, -0.15) is 0 Å². The van der Waals surface area contributed by atoms with Crippen molar-refractivity contribution < 1.29 is 5.11 Å². The van der Waals surface area contributed by atoms with Crippen molar-refractivity contribution >= 4 is 11.3 Å². The molecular formula is C9H15NOS. The molecule has 1 aromatic heterocycles. The summed E-state index contributed by atoms with van der Waals surface area (Å²) in [5.74, 6) is 0.431. The highest BCUT2D eigenvalue weighted by atomic mass is 32.1. The van der Waals surface area contributed by atoms with Crippen molar-refractivity contribution in [1.29, 1.82) is 0 Å². The van der Waals surface area contributed by atoms with Gasteiger partial charge in [-0.05, 0) is 32.0 Å². The van der Waals surface area contributed by atoms with E-state index in [-0.39, 0.29) is 0 Å². The van der Waals surface area contributed by atoms with E-state index in [9.17, 15) is 5.11 Å². The fraction of sp³-hybridized carbons (Fsp3) is 0.556. The first-order valence-corrected chi connectivity index (χ1v) is 4.97. The summed E-state index contributed by atoms with van der Waals surface area (Å²) >= 11 is 1.62. The largest absolute Gasteiger partial charge is 0.507 e. The lowest BCUT2D eigenvalue weighted by Gasteiger charge is -2.21. The molecule has 0 saturated heterocycles. The van der Waals surface area contributed by atoms with Gasteiger partial charge in [0.1, 0.15) is 5.75 Å². The average molecular weight is 185 g/mol. The Hall–Kier alpha value is -0.540. The maximum absolute atomic E-state index is 9.48. The van der Waals surface area contributed by atoms with Crippen LogP contribution in [0.4, 0.5) is 0 Å². The molecule has 0 fully saturated rings. The zero-order valence-electron chi connectivity index (χ0n) is 7.74. The SMILES string of the molecule is CC[C@@H](c1sccc1O)N(C)C. The van der Waals surface area contributed by atoms with Crippen molar-refractivity contribution in [3.05, 3.63) is 16.3 Å². The number of aromatic hydroxyl groups is 1. The van der Waals surface area contributed by atoms with E-state index < -0.39 is 0 Å². The van der Waals surface area contributed by atoms with Gasteiger partial charge in [0.2, 0.25) is 0 Å². The number of rotatable bonds is 3. The minimum atomic E-state index is 0.352. The lowest BCUT2D eigenvalue weighted by molar-refractivity contribution is 0.289. The summed E-state index contributed by atoms with van der Waals surface area (Å²) in [5, 5.41) is 11.4. The van der Waals surface area contributed by atoms with E-state index in [0.717, 1.165) is 11.3 Å². The highest BCUT2D eigenvalue weighted by Gasteiger charge is 2.16. The fourth-order valence-electron chi connectivity index (χ4n) is 1.35. The van der Waals surface area contributed by atoms with Gasteiger partial charge in [0.05, 0.1) is 4.88 Å². The van der Waals surface area contributed by atoms with Crippen LogP contribution in [-0.4, -0.2) is 24.1 Å². The first kappa shape index (κ1) is 9.55. The van der Waals surface area contributed by atoms with Crippen LogP contribution >= 0.6 is 11.3 Å². The van der Waals surface area contributed by atoms with Gasteiger partial charge < -0.3 is 10.0 Å². The predicted molar refractivity (Wildman–Crippen MR) is 52.7 cm³/mol. The molecule has 0 bridgehead atoms. The van der Waals surface area contributed by atoms with E-state index in [0.29, 0.717) is 11.8 Å². The molecule has 0 aromatic carbocycles. The molecule has 1 atom stereocenters. The zero-order valence-corrected chi connectivity index (χ0v) is 8.56. The Morgan fingerprint density at radius 3 is 2.58 bits per heavy atom. The van der Waals surface area contributed by atoms with Crippen LogP contribution in [0, 0.1) is 0 Å². The summed E-state index contributed by atoms with van der Waals surface area (Å²) in [6.07, 6.45) is 1.03. The second-order valence-electron chi connectivity index (χ2n) is 3.06. The molecule has 2 nitrogen and oxygen atoms in total. The summed E-state index contributed by atoms with van der Waals surface area (Å²) in [4.78, 5) is 3.20. The molecule has 0 aliphatic carbocycles. The number of thiophene rings is 1. The van der Waals surface area contributed by atoms with Crippen LogP contribution in [0.3, 0.4) is 0 Å². The molecule has 68 valence electrons. The molecule has 0 saturated carbocycles. The summed E-state index contributed by atoms with van der Waals surface area (Å²) in [6, 6.07) is 2.11. The number of hydrogen-bond acceptors (Lipinski definition) is 3. The first-order valence-electron chi connectivity index (χ1n) is 4.09. The standard InChI is InChI=1S/C9H15NOS/c1-4-7(10(2)3)9-8(11)5-6-12-9/h5-7,11H,4H2,1-3H3/t7-/m0/s1. The van der Waals surface area contributed by atoms with Crippen LogP contribution in [0.2, 0.25) is 0 Å². The molecule has 1 N–H and O–H groups in total. The van der Waals surface area contributed by atoms with Gasteiger partial charge in [-0.3, -0.25) is 0 Å². The molecule has 12 heavy (non-hydrogen) atoms. The third-order valence-electron chi connectivity index (χ3n) is 1.99. The molecular weight excluding hydrogens is 170 g/mol. The maximum atomic E-state index is 9.48. The molecule has 1 heterocycles. The van der Waals surface area contributed by atoms with Crippen LogP contribution in [0.25, 0.3) is 0 Å². The summed E-state index contributed by atoms with van der Waals surface area (Å²) in [7, 11) is 4.07. The van der Waals surface area contributed by atoms with Gasteiger partial charge in [-0.25, -0.2) is 0 Å². The number of hydrogen-bond donors (Lipinski definition) is 1. The van der Waals surface area contributed by atoms with Gasteiger partial charge in [-0.15, -0.1) is 11.3 Å². The van der Waals surface area contributed by atoms with Crippen LogP contribution in [-0.2, 0) is 0 Å². The van der Waals surface area contributed by atoms with E-state index in [1.54, 1.807) is 17.4 Å². The molecule has 0 aliphatic heterocycles. The zero-order chi connectivity index (χ0) is 9.14. The van der Waals surface area contributed by atoms with Gasteiger partial charge in [0.15, 0.2) is 0 Å². The van der Waals surface area contributed by atoms with Crippen molar-refractivity contribution in [3.63, 3.8) is 0 Å². The Morgan fingerprint density at radius 2 is 2.25 bits per heavy atom. The van der Waals surface area contributed by atoms with Gasteiger partial charge in [0.25, 0.3) is 0 Å². The molecule has 0 amide bonds. The molecule has 3 heteroatoms. The van der Waals surface area contributed by atoms with Crippen LogP contribution in [0.5, 0.6) is 5.75 Å². The van der Waals surface area contributed by atoms with Crippen LogP contribution in [0.15, 0.2) is 11.4 Å². The van der Waals surface area contributed by atoms with E-state index in [1.165, 1.54) is 0 Å². The smallest absolute Gasteiger partial charge is 0.131 e. The lowest BCUT2D eigenvalue weighted by Crippen LogP contribution is -2.18. The van der Waals surface area contributed by atoms with Crippen LogP contribution < -0.4 is 0 Å². The third kappa shape index (κ3) is 1.79. The topological polar surface area (TPSA) is 23.5 Å². The Morgan fingerprint density at radius 1 is 1.58 bits per heavy atom. The van der Waals surface area contributed by atoms with Gasteiger partial charge >= 0.3 is 0 Å². The van der Waals surface area contributed by atoms with E-state index in [1.807, 2.05) is 19.5 Å². The lowest BCUT2D eigenvalue weighted by atomic mass is 10.1. The molecule has 0 spiro atoms. The summed E-state index contributed by atoms with van der Waals surface area (Å²) in [5.41, 5.74) is 0. The van der Waals surface area contributed by atoms with E-state index in [2.05, 4.69) is 11.8 Å². The number of nitrogens with zero attached hydrogens (tertiary/aromatic N) is 1. The summed E-state index contributed by atoms with van der Waals surface area (Å²) in [6.45, 7) is 2.13. The van der Waals surface area contributed by atoms with Crippen molar-refractivity contribution in [2.75, 3.05) is 14.1 Å². The molecule has 0 unspecified atom stereocenters. The Kier molecular flexibility index (Phi) is 3.12. The van der Waals surface area contributed by atoms with E-state index in [4.69, 9.17) is 0 Å². The predicted octanol–water partition coefficient (Wildman–Crippen LogP) is 2.47. The molecule has 0 radical (unpaired) electrons. The average Bonchev–Trinajstić information content (AvgIpc) is 2.38. The van der Waals surface area contributed by atoms with Gasteiger partial charge in [-0.1, -0.05) is 6.92 Å². The third-order valence-corrected chi connectivity index (χ3v) is 2.99. The Balaban J connectivity index is 2.87. The highest BCUT2D eigenvalue weighted by molar-refractivity contribution is 7.10. The Labute approximate surface area is 77.5 Å². The van der Waals surface area contributed by atoms with Gasteiger partial charge in [0, 0.05) is 6.04 Å². The Bertz CT molecular complexity index is 244. The van der Waals surface area contributed by atoms with Crippen molar-refractivity contribution in [2.24, 2.45) is 0 Å². The fourth-order valence-corrected chi connectivity index (χ4v) is 2.42. The summed E-state index contributed by atoms with van der Waals surface area (Å²) < 4.78 is 0. The first-order chi connectivity index (χ1) is 5.66. The monoisotopic (exact) mass is 185 g/mol. The molecule has 1 aromatic rings. The second-order valence-corrected chi connectivity index (χ2v) is 4.01. The van der Waals surface area contributed by atoms with Crippen molar-refractivity contribution in [3.8, 4) is 5.75 Å². The maximum Gasteiger partial charge on any atom is 0.131 e. The van der Waals surface area contributed by atoms with E-state index >= 15 is 0 Å². The quantitative estimate of drug-likeness (QED) is 0.782. The normalized spacial score (nSPS) is 13.7. The van der Waals surface area contributed by atoms with Crippen molar-refractivity contribution in [1.82, 2.24) is 4.90 Å². The highest BCUT2D eigenvalue weighted by Crippen LogP contribution is 2.33. The van der Waals surface area contributed by atoms with Crippen molar-refractivity contribution in [2.45, 2.75) is 19.4 Å². The molecule has 1 rings (SSSR count). The molecule has 0 aliphatic rings. The minimum Gasteiger partial charge on any atom is -0.507 e. The minimum absolute atomic E-state index is 0.352. The second kappa shape index (κ2) is 3.92. The van der Waals surface area contributed by atoms with Crippen LogP contribution in [0.1, 0.15) is 24.3 Å².